The molecule has 2 aromatic rings. The number of fused-ring (bicyclic) bond motifs is 2. The van der Waals surface area contributed by atoms with Gasteiger partial charge in [-0.05, 0) is 31.7 Å². The zero-order chi connectivity index (χ0) is 17.2. The molecular formula is C18H25N5O2. The summed E-state index contributed by atoms with van der Waals surface area (Å²) in [6.45, 7) is 4.32. The largest absolute Gasteiger partial charge is 0.449 e. The Kier molecular flexibility index (Phi) is 4.46. The second kappa shape index (κ2) is 6.90. The van der Waals surface area contributed by atoms with E-state index in [1.807, 2.05) is 17.2 Å². The highest BCUT2D eigenvalue weighted by atomic mass is 16.6. The minimum atomic E-state index is -0.153. The fourth-order valence-corrected chi connectivity index (χ4v) is 4.15. The van der Waals surface area contributed by atoms with Crippen LogP contribution in [0.15, 0.2) is 18.6 Å². The van der Waals surface area contributed by atoms with Gasteiger partial charge in [0, 0.05) is 19.3 Å². The van der Waals surface area contributed by atoms with Crippen molar-refractivity contribution >= 4 is 22.9 Å². The van der Waals surface area contributed by atoms with Crippen molar-refractivity contribution in [3.8, 4) is 0 Å². The van der Waals surface area contributed by atoms with E-state index in [1.54, 1.807) is 6.33 Å². The van der Waals surface area contributed by atoms with Gasteiger partial charge in [-0.3, -0.25) is 0 Å². The van der Waals surface area contributed by atoms with Crippen LogP contribution in [0.4, 0.5) is 10.6 Å². The van der Waals surface area contributed by atoms with Crippen molar-refractivity contribution in [2.75, 3.05) is 24.6 Å². The van der Waals surface area contributed by atoms with Gasteiger partial charge in [-0.2, -0.15) is 0 Å². The van der Waals surface area contributed by atoms with Gasteiger partial charge in [0.1, 0.15) is 17.8 Å². The molecule has 0 radical (unpaired) electrons. The number of aromatic amines is 1. The quantitative estimate of drug-likeness (QED) is 0.864. The van der Waals surface area contributed by atoms with Crippen LogP contribution in [-0.4, -0.2) is 57.7 Å². The van der Waals surface area contributed by atoms with Crippen LogP contribution in [0.5, 0.6) is 0 Å². The number of unbranched alkanes of at least 4 members (excludes halogenated alkanes) is 1. The number of amides is 1. The molecule has 7 heteroatoms. The summed E-state index contributed by atoms with van der Waals surface area (Å²) in [5.74, 6) is 0.972. The van der Waals surface area contributed by atoms with E-state index in [-0.39, 0.29) is 12.1 Å². The Labute approximate surface area is 147 Å². The van der Waals surface area contributed by atoms with Crippen molar-refractivity contribution in [1.82, 2.24) is 19.9 Å². The number of H-pyrrole nitrogens is 1. The molecule has 25 heavy (non-hydrogen) atoms. The summed E-state index contributed by atoms with van der Waals surface area (Å²) in [5, 5.41) is 1.05. The molecule has 0 aromatic carbocycles. The van der Waals surface area contributed by atoms with Crippen LogP contribution in [0.2, 0.25) is 0 Å². The van der Waals surface area contributed by atoms with Gasteiger partial charge in [0.05, 0.1) is 24.1 Å². The van der Waals surface area contributed by atoms with Gasteiger partial charge >= 0.3 is 6.09 Å². The predicted octanol–water partition coefficient (Wildman–Crippen LogP) is 2.94. The number of nitrogens with zero attached hydrogens (tertiary/aromatic N) is 4. The Bertz CT molecular complexity index is 746. The van der Waals surface area contributed by atoms with Crippen LogP contribution in [0.1, 0.15) is 39.0 Å². The second-order valence-corrected chi connectivity index (χ2v) is 6.86. The SMILES string of the molecule is CCCCOC(=O)N1CCCC2C1CCN2c1ncnc2[nH]ccc12. The third-order valence-corrected chi connectivity index (χ3v) is 5.37. The third-order valence-electron chi connectivity index (χ3n) is 5.37. The molecule has 2 aliphatic rings. The molecule has 0 aliphatic carbocycles. The van der Waals surface area contributed by atoms with Gasteiger partial charge in [0.25, 0.3) is 0 Å². The van der Waals surface area contributed by atoms with E-state index in [0.717, 1.165) is 62.0 Å². The van der Waals surface area contributed by atoms with E-state index in [4.69, 9.17) is 4.74 Å². The number of hydrogen-bond acceptors (Lipinski definition) is 5. The monoisotopic (exact) mass is 343 g/mol. The van der Waals surface area contributed by atoms with Gasteiger partial charge in [-0.1, -0.05) is 13.3 Å². The first-order valence-electron chi connectivity index (χ1n) is 9.27. The first-order valence-corrected chi connectivity index (χ1v) is 9.27. The molecule has 0 saturated carbocycles. The topological polar surface area (TPSA) is 74.3 Å². The molecule has 1 amide bonds. The average Bonchev–Trinajstić information content (AvgIpc) is 3.28. The third kappa shape index (κ3) is 2.92. The normalized spacial score (nSPS) is 23.1. The summed E-state index contributed by atoms with van der Waals surface area (Å²) in [4.78, 5) is 28.8. The van der Waals surface area contributed by atoms with Crippen LogP contribution in [-0.2, 0) is 4.74 Å². The predicted molar refractivity (Wildman–Crippen MR) is 95.6 cm³/mol. The highest BCUT2D eigenvalue weighted by Crippen LogP contribution is 2.36. The zero-order valence-electron chi connectivity index (χ0n) is 14.6. The minimum absolute atomic E-state index is 0.153. The molecule has 2 aromatic heterocycles. The lowest BCUT2D eigenvalue weighted by Gasteiger charge is -2.39. The highest BCUT2D eigenvalue weighted by Gasteiger charge is 2.43. The van der Waals surface area contributed by atoms with Crippen molar-refractivity contribution in [2.24, 2.45) is 0 Å². The van der Waals surface area contributed by atoms with E-state index in [0.29, 0.717) is 12.6 Å². The molecule has 2 atom stereocenters. The van der Waals surface area contributed by atoms with E-state index >= 15 is 0 Å². The number of nitrogens with one attached hydrogen (secondary N) is 1. The van der Waals surface area contributed by atoms with Crippen molar-refractivity contribution in [1.29, 1.82) is 0 Å². The van der Waals surface area contributed by atoms with E-state index in [1.165, 1.54) is 0 Å². The fourth-order valence-electron chi connectivity index (χ4n) is 4.15. The molecule has 0 bridgehead atoms. The van der Waals surface area contributed by atoms with Gasteiger partial charge in [0.15, 0.2) is 0 Å². The number of rotatable bonds is 4. The van der Waals surface area contributed by atoms with E-state index in [2.05, 4.69) is 26.8 Å². The van der Waals surface area contributed by atoms with Gasteiger partial charge < -0.3 is 19.5 Å². The molecule has 4 rings (SSSR count). The summed E-state index contributed by atoms with van der Waals surface area (Å²) < 4.78 is 5.47. The number of piperidine rings is 1. The first kappa shape index (κ1) is 16.2. The Morgan fingerprint density at radius 1 is 1.32 bits per heavy atom. The second-order valence-electron chi connectivity index (χ2n) is 6.86. The fraction of sp³-hybridized carbons (Fsp3) is 0.611. The minimum Gasteiger partial charge on any atom is -0.449 e. The molecular weight excluding hydrogens is 318 g/mol. The number of carbonyl (C=O) groups excluding carboxylic acids is 1. The number of likely N-dealkylation sites (tertiary alicyclic amines) is 1. The number of carbonyl (C=O) groups is 1. The van der Waals surface area contributed by atoms with Crippen molar-refractivity contribution < 1.29 is 9.53 Å². The lowest BCUT2D eigenvalue weighted by atomic mass is 9.97. The first-order chi connectivity index (χ1) is 12.3. The smallest absolute Gasteiger partial charge is 0.410 e. The molecule has 2 fully saturated rings. The molecule has 134 valence electrons. The molecule has 2 aliphatic heterocycles. The molecule has 1 N–H and O–H groups in total. The van der Waals surface area contributed by atoms with Crippen LogP contribution < -0.4 is 4.90 Å². The Balaban J connectivity index is 1.53. The Hall–Kier alpha value is -2.31. The lowest BCUT2D eigenvalue weighted by Crippen LogP contribution is -2.52. The molecule has 7 nitrogen and oxygen atoms in total. The van der Waals surface area contributed by atoms with Gasteiger partial charge in [-0.15, -0.1) is 0 Å². The highest BCUT2D eigenvalue weighted by molar-refractivity contribution is 5.87. The maximum absolute atomic E-state index is 12.5. The van der Waals surface area contributed by atoms with Gasteiger partial charge in [0.2, 0.25) is 0 Å². The summed E-state index contributed by atoms with van der Waals surface area (Å²) in [6.07, 6.45) is 8.36. The zero-order valence-corrected chi connectivity index (χ0v) is 14.6. The lowest BCUT2D eigenvalue weighted by molar-refractivity contribution is 0.0714. The van der Waals surface area contributed by atoms with Crippen LogP contribution in [0.25, 0.3) is 11.0 Å². The summed E-state index contributed by atoms with van der Waals surface area (Å²) in [7, 11) is 0. The maximum atomic E-state index is 12.5. The molecule has 2 unspecified atom stereocenters. The van der Waals surface area contributed by atoms with Gasteiger partial charge in [-0.25, -0.2) is 14.8 Å². The van der Waals surface area contributed by atoms with Crippen LogP contribution >= 0.6 is 0 Å². The van der Waals surface area contributed by atoms with E-state index < -0.39 is 0 Å². The Morgan fingerprint density at radius 2 is 2.24 bits per heavy atom. The van der Waals surface area contributed by atoms with E-state index in [9.17, 15) is 4.79 Å². The summed E-state index contributed by atoms with van der Waals surface area (Å²) in [6, 6.07) is 2.55. The van der Waals surface area contributed by atoms with Crippen LogP contribution in [0, 0.1) is 0 Å². The van der Waals surface area contributed by atoms with Crippen molar-refractivity contribution in [3.05, 3.63) is 18.6 Å². The summed E-state index contributed by atoms with van der Waals surface area (Å²) >= 11 is 0. The standard InChI is InChI=1S/C18H25N5O2/c1-2-3-11-25-18(24)23-9-4-5-14-15(23)7-10-22(14)17-13-6-8-19-16(13)20-12-21-17/h6,8,12,14-15H,2-5,7,9-11H2,1H3,(H,19,20,21). The molecule has 2 saturated heterocycles. The summed E-state index contributed by atoms with van der Waals surface area (Å²) in [5.41, 5.74) is 0.861. The maximum Gasteiger partial charge on any atom is 0.410 e. The van der Waals surface area contributed by atoms with Crippen molar-refractivity contribution in [3.63, 3.8) is 0 Å². The Morgan fingerprint density at radius 3 is 3.12 bits per heavy atom. The number of anilines is 1. The van der Waals surface area contributed by atoms with Crippen LogP contribution in [0.3, 0.4) is 0 Å². The number of aromatic nitrogens is 3. The molecule has 4 heterocycles. The van der Waals surface area contributed by atoms with Crippen molar-refractivity contribution in [2.45, 2.75) is 51.1 Å². The number of hydrogen-bond donors (Lipinski definition) is 1. The average molecular weight is 343 g/mol. The number of ether oxygens (including phenoxy) is 1. The molecule has 0 spiro atoms.